The second kappa shape index (κ2) is 6.07. The molecule has 7 heteroatoms. The molecule has 0 aliphatic heterocycles. The first kappa shape index (κ1) is 13.9. The average Bonchev–Trinajstić information content (AvgIpc) is 2.42. The lowest BCUT2D eigenvalue weighted by molar-refractivity contribution is -0.384. The Kier molecular flexibility index (Phi) is 4.21. The highest BCUT2D eigenvalue weighted by Crippen LogP contribution is 2.21. The third kappa shape index (κ3) is 3.48. The predicted molar refractivity (Wildman–Crippen MR) is 81.9 cm³/mol. The normalized spacial score (nSPS) is 9.85. The second-order valence-corrected chi connectivity index (χ2v) is 4.49. The molecule has 2 aromatic rings. The topological polar surface area (TPSA) is 80.1 Å². The smallest absolute Gasteiger partial charge is 0.269 e. The Morgan fingerprint density at radius 3 is 2.75 bits per heavy atom. The maximum Gasteiger partial charge on any atom is 0.269 e. The molecule has 1 heterocycles. The molecule has 0 aliphatic rings. The van der Waals surface area contributed by atoms with Gasteiger partial charge in [-0.05, 0) is 42.9 Å². The molecule has 0 unspecified atom stereocenters. The quantitative estimate of drug-likeness (QED) is 0.513. The summed E-state index contributed by atoms with van der Waals surface area (Å²) in [7, 11) is 0. The SMILES string of the molecule is Cc1cc([N+](=O)[O-])ccc1NC(=S)Nc1cccnc1. The Bertz CT molecular complexity index is 646. The molecule has 0 atom stereocenters. The molecule has 20 heavy (non-hydrogen) atoms. The van der Waals surface area contributed by atoms with Crippen LogP contribution < -0.4 is 10.6 Å². The summed E-state index contributed by atoms with van der Waals surface area (Å²) in [5.41, 5.74) is 2.29. The van der Waals surface area contributed by atoms with Crippen molar-refractivity contribution in [3.63, 3.8) is 0 Å². The lowest BCUT2D eigenvalue weighted by Crippen LogP contribution is -2.19. The number of hydrogen-bond donors (Lipinski definition) is 2. The first-order valence-corrected chi connectivity index (χ1v) is 6.20. The molecule has 102 valence electrons. The fourth-order valence-electron chi connectivity index (χ4n) is 1.62. The zero-order valence-electron chi connectivity index (χ0n) is 10.7. The van der Waals surface area contributed by atoms with Crippen molar-refractivity contribution in [1.29, 1.82) is 0 Å². The number of benzene rings is 1. The van der Waals surface area contributed by atoms with Gasteiger partial charge < -0.3 is 10.6 Å². The van der Waals surface area contributed by atoms with Gasteiger partial charge in [0.25, 0.3) is 5.69 Å². The fourth-order valence-corrected chi connectivity index (χ4v) is 1.85. The van der Waals surface area contributed by atoms with Gasteiger partial charge in [-0.1, -0.05) is 0 Å². The maximum absolute atomic E-state index is 10.7. The highest BCUT2D eigenvalue weighted by Gasteiger charge is 2.08. The van der Waals surface area contributed by atoms with Crippen LogP contribution in [0.3, 0.4) is 0 Å². The molecule has 0 radical (unpaired) electrons. The van der Waals surface area contributed by atoms with Gasteiger partial charge in [-0.2, -0.15) is 0 Å². The number of rotatable bonds is 3. The summed E-state index contributed by atoms with van der Waals surface area (Å²) in [5, 5.41) is 17.0. The van der Waals surface area contributed by atoms with E-state index in [1.807, 2.05) is 6.07 Å². The van der Waals surface area contributed by atoms with Gasteiger partial charge >= 0.3 is 0 Å². The van der Waals surface area contributed by atoms with E-state index in [9.17, 15) is 10.1 Å². The zero-order chi connectivity index (χ0) is 14.5. The number of nitrogens with one attached hydrogen (secondary N) is 2. The number of aromatic nitrogens is 1. The van der Waals surface area contributed by atoms with Gasteiger partial charge in [-0.25, -0.2) is 0 Å². The zero-order valence-corrected chi connectivity index (χ0v) is 11.5. The summed E-state index contributed by atoms with van der Waals surface area (Å²) in [6.07, 6.45) is 3.32. The number of hydrogen-bond acceptors (Lipinski definition) is 4. The van der Waals surface area contributed by atoms with Gasteiger partial charge in [-0.15, -0.1) is 0 Å². The average molecular weight is 288 g/mol. The monoisotopic (exact) mass is 288 g/mol. The van der Waals surface area contributed by atoms with E-state index in [1.165, 1.54) is 12.1 Å². The summed E-state index contributed by atoms with van der Waals surface area (Å²) in [4.78, 5) is 14.2. The molecule has 0 aliphatic carbocycles. The summed E-state index contributed by atoms with van der Waals surface area (Å²) < 4.78 is 0. The molecule has 0 saturated carbocycles. The van der Waals surface area contributed by atoms with Gasteiger partial charge in [0, 0.05) is 24.0 Å². The minimum atomic E-state index is -0.428. The lowest BCUT2D eigenvalue weighted by atomic mass is 10.2. The summed E-state index contributed by atoms with van der Waals surface area (Å²) >= 11 is 5.18. The van der Waals surface area contributed by atoms with Crippen molar-refractivity contribution in [3.05, 3.63) is 58.4 Å². The number of anilines is 2. The number of nitro benzene ring substituents is 1. The van der Waals surface area contributed by atoms with Crippen molar-refractivity contribution in [2.75, 3.05) is 10.6 Å². The molecule has 0 spiro atoms. The molecule has 1 aromatic heterocycles. The number of nitrogens with zero attached hydrogens (tertiary/aromatic N) is 2. The molecular weight excluding hydrogens is 276 g/mol. The van der Waals surface area contributed by atoms with Gasteiger partial charge in [0.05, 0.1) is 16.8 Å². The predicted octanol–water partition coefficient (Wildman–Crippen LogP) is 3.11. The molecular formula is C13H12N4O2S. The van der Waals surface area contributed by atoms with E-state index in [-0.39, 0.29) is 5.69 Å². The Balaban J connectivity index is 2.06. The van der Waals surface area contributed by atoms with Gasteiger partial charge in [0.2, 0.25) is 0 Å². The highest BCUT2D eigenvalue weighted by molar-refractivity contribution is 7.80. The van der Waals surface area contributed by atoms with Crippen LogP contribution in [-0.4, -0.2) is 15.0 Å². The summed E-state index contributed by atoms with van der Waals surface area (Å²) in [5.74, 6) is 0. The van der Waals surface area contributed by atoms with Gasteiger partial charge in [-0.3, -0.25) is 15.1 Å². The van der Waals surface area contributed by atoms with E-state index in [1.54, 1.807) is 31.5 Å². The van der Waals surface area contributed by atoms with E-state index < -0.39 is 4.92 Å². The van der Waals surface area contributed by atoms with Crippen LogP contribution in [0.5, 0.6) is 0 Å². The largest absolute Gasteiger partial charge is 0.332 e. The van der Waals surface area contributed by atoms with Gasteiger partial charge in [0.15, 0.2) is 5.11 Å². The van der Waals surface area contributed by atoms with Crippen LogP contribution >= 0.6 is 12.2 Å². The van der Waals surface area contributed by atoms with E-state index in [2.05, 4.69) is 15.6 Å². The number of non-ortho nitro benzene ring substituents is 1. The second-order valence-electron chi connectivity index (χ2n) is 4.08. The Morgan fingerprint density at radius 1 is 1.35 bits per heavy atom. The van der Waals surface area contributed by atoms with E-state index in [4.69, 9.17) is 12.2 Å². The fraction of sp³-hybridized carbons (Fsp3) is 0.0769. The van der Waals surface area contributed by atoms with Crippen LogP contribution in [0.4, 0.5) is 17.1 Å². The number of pyridine rings is 1. The van der Waals surface area contributed by atoms with Crippen molar-refractivity contribution < 1.29 is 4.92 Å². The molecule has 0 amide bonds. The van der Waals surface area contributed by atoms with Crippen LogP contribution in [0.1, 0.15) is 5.56 Å². The van der Waals surface area contributed by atoms with E-state index >= 15 is 0 Å². The molecule has 6 nitrogen and oxygen atoms in total. The van der Waals surface area contributed by atoms with E-state index in [0.29, 0.717) is 5.11 Å². The van der Waals surface area contributed by atoms with Crippen LogP contribution in [-0.2, 0) is 0 Å². The molecule has 2 rings (SSSR count). The third-order valence-electron chi connectivity index (χ3n) is 2.59. The van der Waals surface area contributed by atoms with Crippen molar-refractivity contribution in [2.45, 2.75) is 6.92 Å². The minimum Gasteiger partial charge on any atom is -0.332 e. The third-order valence-corrected chi connectivity index (χ3v) is 2.79. The van der Waals surface area contributed by atoms with E-state index in [0.717, 1.165) is 16.9 Å². The Morgan fingerprint density at radius 2 is 2.15 bits per heavy atom. The first-order chi connectivity index (χ1) is 9.56. The van der Waals surface area contributed by atoms with Crippen molar-refractivity contribution in [1.82, 2.24) is 4.98 Å². The lowest BCUT2D eigenvalue weighted by Gasteiger charge is -2.12. The summed E-state index contributed by atoms with van der Waals surface area (Å²) in [6.45, 7) is 1.78. The van der Waals surface area contributed by atoms with Crippen LogP contribution in [0.2, 0.25) is 0 Å². The standard InChI is InChI=1S/C13H12N4O2S/c1-9-7-11(17(18)19)4-5-12(9)16-13(20)15-10-3-2-6-14-8-10/h2-8H,1H3,(H2,15,16,20). The van der Waals surface area contributed by atoms with Crippen LogP contribution in [0.25, 0.3) is 0 Å². The molecule has 0 bridgehead atoms. The maximum atomic E-state index is 10.7. The first-order valence-electron chi connectivity index (χ1n) is 5.79. The van der Waals surface area contributed by atoms with Crippen molar-refractivity contribution >= 4 is 34.4 Å². The highest BCUT2D eigenvalue weighted by atomic mass is 32.1. The van der Waals surface area contributed by atoms with Gasteiger partial charge in [0.1, 0.15) is 0 Å². The number of thiocarbonyl (C=S) groups is 1. The Hall–Kier alpha value is -2.54. The molecule has 0 fully saturated rings. The minimum absolute atomic E-state index is 0.0548. The molecule has 1 aromatic carbocycles. The van der Waals surface area contributed by atoms with Crippen molar-refractivity contribution in [2.24, 2.45) is 0 Å². The number of aryl methyl sites for hydroxylation is 1. The summed E-state index contributed by atoms with van der Waals surface area (Å²) in [6, 6.07) is 8.19. The van der Waals surface area contributed by atoms with Crippen LogP contribution in [0, 0.1) is 17.0 Å². The van der Waals surface area contributed by atoms with Crippen molar-refractivity contribution in [3.8, 4) is 0 Å². The Labute approximate surface area is 121 Å². The molecule has 2 N–H and O–H groups in total. The van der Waals surface area contributed by atoms with Crippen LogP contribution in [0.15, 0.2) is 42.7 Å². The number of nitro groups is 1. The molecule has 0 saturated heterocycles.